The van der Waals surface area contributed by atoms with Crippen LogP contribution < -0.4 is 4.57 Å². The molecule has 0 fully saturated rings. The van der Waals surface area contributed by atoms with Crippen LogP contribution in [-0.4, -0.2) is 33.7 Å². The molecule has 3 rings (SSSR count). The molecular formula is C14H12N4O3S. The van der Waals surface area contributed by atoms with Crippen molar-refractivity contribution in [3.63, 3.8) is 0 Å². The Morgan fingerprint density at radius 2 is 1.77 bits per heavy atom. The van der Waals surface area contributed by atoms with Gasteiger partial charge in [0.2, 0.25) is 0 Å². The van der Waals surface area contributed by atoms with E-state index in [0.29, 0.717) is 5.65 Å². The highest BCUT2D eigenvalue weighted by molar-refractivity contribution is 7.85. The van der Waals surface area contributed by atoms with Gasteiger partial charge in [0.25, 0.3) is 0 Å². The zero-order valence-electron chi connectivity index (χ0n) is 11.5. The Bertz CT molecular complexity index is 911. The maximum Gasteiger partial charge on any atom is 0.178 e. The van der Waals surface area contributed by atoms with Gasteiger partial charge in [-0.05, 0) is 12.1 Å². The Morgan fingerprint density at radius 1 is 1.05 bits per heavy atom. The van der Waals surface area contributed by atoms with Crippen LogP contribution in [0.25, 0.3) is 22.4 Å². The van der Waals surface area contributed by atoms with Crippen LogP contribution >= 0.6 is 0 Å². The van der Waals surface area contributed by atoms with Gasteiger partial charge in [0, 0.05) is 30.1 Å². The lowest BCUT2D eigenvalue weighted by atomic mass is 10.2. The average molecular weight is 316 g/mol. The number of pyridine rings is 2. The molecule has 3 aromatic heterocycles. The quantitative estimate of drug-likeness (QED) is 0.514. The van der Waals surface area contributed by atoms with Crippen molar-refractivity contribution < 1.29 is 17.5 Å². The third-order valence-corrected chi connectivity index (χ3v) is 3.80. The first kappa shape index (κ1) is 14.5. The fraction of sp³-hybridized carbons (Fsp3) is 0.143. The molecule has 8 heteroatoms. The lowest BCUT2D eigenvalue weighted by Gasteiger charge is -2.04. The van der Waals surface area contributed by atoms with Crippen LogP contribution in [0.3, 0.4) is 0 Å². The fourth-order valence-corrected chi connectivity index (χ4v) is 2.44. The van der Waals surface area contributed by atoms with Crippen LogP contribution in [0.2, 0.25) is 0 Å². The summed E-state index contributed by atoms with van der Waals surface area (Å²) in [6.07, 6.45) is 6.62. The normalized spacial score (nSPS) is 11.7. The lowest BCUT2D eigenvalue weighted by molar-refractivity contribution is -0.692. The first-order valence-corrected chi connectivity index (χ1v) is 8.10. The van der Waals surface area contributed by atoms with E-state index < -0.39 is 15.9 Å². The third kappa shape index (κ3) is 3.41. The summed E-state index contributed by atoms with van der Waals surface area (Å²) in [5, 5.41) is 0. The molecule has 0 saturated heterocycles. The molecule has 112 valence electrons. The molecule has 0 aliphatic rings. The van der Waals surface area contributed by atoms with Crippen molar-refractivity contribution in [3.05, 3.63) is 49.1 Å². The molecular weight excluding hydrogens is 304 g/mol. The lowest BCUT2D eigenvalue weighted by Crippen LogP contribution is -2.36. The van der Waals surface area contributed by atoms with E-state index in [1.807, 2.05) is 24.3 Å². The SMILES string of the molecule is O=S(=O)([O-])CC[n+]1ccc(-c2ccc3nccnc3n2)cc1. The molecule has 0 aliphatic carbocycles. The summed E-state index contributed by atoms with van der Waals surface area (Å²) in [6.45, 7) is 0.128. The van der Waals surface area contributed by atoms with E-state index in [1.165, 1.54) is 0 Å². The summed E-state index contributed by atoms with van der Waals surface area (Å²) in [5.41, 5.74) is 2.90. The van der Waals surface area contributed by atoms with Gasteiger partial charge < -0.3 is 4.55 Å². The number of fused-ring (bicyclic) bond motifs is 1. The number of hydrogen-bond acceptors (Lipinski definition) is 6. The predicted molar refractivity (Wildman–Crippen MR) is 77.5 cm³/mol. The van der Waals surface area contributed by atoms with E-state index in [2.05, 4.69) is 15.0 Å². The van der Waals surface area contributed by atoms with Gasteiger partial charge in [0.1, 0.15) is 15.6 Å². The van der Waals surface area contributed by atoms with Crippen molar-refractivity contribution in [1.29, 1.82) is 0 Å². The van der Waals surface area contributed by atoms with E-state index in [-0.39, 0.29) is 6.54 Å². The van der Waals surface area contributed by atoms with Crippen LogP contribution in [0.4, 0.5) is 0 Å². The summed E-state index contributed by atoms with van der Waals surface area (Å²) in [5.74, 6) is -0.430. The van der Waals surface area contributed by atoms with Gasteiger partial charge in [-0.25, -0.2) is 23.0 Å². The Balaban J connectivity index is 1.84. The van der Waals surface area contributed by atoms with E-state index in [1.54, 1.807) is 29.4 Å². The minimum absolute atomic E-state index is 0.128. The van der Waals surface area contributed by atoms with E-state index in [4.69, 9.17) is 0 Å². The molecule has 3 heterocycles. The first-order chi connectivity index (χ1) is 10.5. The van der Waals surface area contributed by atoms with Crippen LogP contribution in [0.15, 0.2) is 49.1 Å². The predicted octanol–water partition coefficient (Wildman–Crippen LogP) is 0.525. The number of rotatable bonds is 4. The zero-order chi connectivity index (χ0) is 15.6. The van der Waals surface area contributed by atoms with Crippen molar-refractivity contribution >= 4 is 21.3 Å². The highest BCUT2D eigenvalue weighted by Gasteiger charge is 2.07. The fourth-order valence-electron chi connectivity index (χ4n) is 2.01. The summed E-state index contributed by atoms with van der Waals surface area (Å²) in [7, 11) is -4.21. The molecule has 0 aliphatic heterocycles. The molecule has 7 nitrogen and oxygen atoms in total. The van der Waals surface area contributed by atoms with Crippen LogP contribution in [0, 0.1) is 0 Å². The second-order valence-corrected chi connectivity index (χ2v) is 6.21. The molecule has 3 aromatic rings. The molecule has 0 N–H and O–H groups in total. The van der Waals surface area contributed by atoms with Gasteiger partial charge >= 0.3 is 0 Å². The molecule has 0 unspecified atom stereocenters. The summed E-state index contributed by atoms with van der Waals surface area (Å²) >= 11 is 0. The smallest absolute Gasteiger partial charge is 0.178 e. The minimum Gasteiger partial charge on any atom is -0.748 e. The molecule has 0 saturated carbocycles. The van der Waals surface area contributed by atoms with Crippen molar-refractivity contribution in [2.45, 2.75) is 6.54 Å². The van der Waals surface area contributed by atoms with Gasteiger partial charge in [0.15, 0.2) is 24.6 Å². The number of nitrogens with zero attached hydrogens (tertiary/aromatic N) is 4. The topological polar surface area (TPSA) is 99.8 Å². The second kappa shape index (κ2) is 5.74. The average Bonchev–Trinajstić information content (AvgIpc) is 2.52. The molecule has 22 heavy (non-hydrogen) atoms. The summed E-state index contributed by atoms with van der Waals surface area (Å²) in [4.78, 5) is 12.8. The Labute approximate surface area is 127 Å². The van der Waals surface area contributed by atoms with Crippen LogP contribution in [-0.2, 0) is 16.7 Å². The summed E-state index contributed by atoms with van der Waals surface area (Å²) in [6, 6.07) is 7.30. The third-order valence-electron chi connectivity index (χ3n) is 3.12. The maximum absolute atomic E-state index is 10.6. The van der Waals surface area contributed by atoms with E-state index in [9.17, 15) is 13.0 Å². The Kier molecular flexibility index (Phi) is 3.78. The largest absolute Gasteiger partial charge is 0.748 e. The molecule has 0 amide bonds. The Hall–Kier alpha value is -2.45. The number of aryl methyl sites for hydroxylation is 1. The van der Waals surface area contributed by atoms with Gasteiger partial charge in [0.05, 0.1) is 11.4 Å². The molecule has 0 spiro atoms. The van der Waals surface area contributed by atoms with E-state index >= 15 is 0 Å². The first-order valence-electron chi connectivity index (χ1n) is 6.52. The second-order valence-electron chi connectivity index (χ2n) is 4.68. The van der Waals surface area contributed by atoms with Crippen LogP contribution in [0.5, 0.6) is 0 Å². The van der Waals surface area contributed by atoms with Gasteiger partial charge in [-0.3, -0.25) is 4.98 Å². The molecule has 0 aromatic carbocycles. The number of aromatic nitrogens is 4. The van der Waals surface area contributed by atoms with Crippen LogP contribution in [0.1, 0.15) is 0 Å². The Morgan fingerprint density at radius 3 is 2.50 bits per heavy atom. The minimum atomic E-state index is -4.21. The highest BCUT2D eigenvalue weighted by atomic mass is 32.2. The van der Waals surface area contributed by atoms with Crippen molar-refractivity contribution in [3.8, 4) is 11.3 Å². The zero-order valence-corrected chi connectivity index (χ0v) is 12.3. The monoisotopic (exact) mass is 316 g/mol. The summed E-state index contributed by atoms with van der Waals surface area (Å²) < 4.78 is 33.5. The van der Waals surface area contributed by atoms with Crippen molar-refractivity contribution in [1.82, 2.24) is 15.0 Å². The molecule has 0 atom stereocenters. The maximum atomic E-state index is 10.6. The number of hydrogen-bond donors (Lipinski definition) is 0. The van der Waals surface area contributed by atoms with Gasteiger partial charge in [-0.1, -0.05) is 0 Å². The highest BCUT2D eigenvalue weighted by Crippen LogP contribution is 2.17. The van der Waals surface area contributed by atoms with Crippen molar-refractivity contribution in [2.75, 3.05) is 5.75 Å². The van der Waals surface area contributed by atoms with E-state index in [0.717, 1.165) is 16.8 Å². The van der Waals surface area contributed by atoms with Gasteiger partial charge in [-0.2, -0.15) is 0 Å². The van der Waals surface area contributed by atoms with Gasteiger partial charge in [-0.15, -0.1) is 0 Å². The standard InChI is InChI=1S/C14H12N4O3S/c19-22(20,21)10-9-18-7-3-11(4-8-18)12-1-2-13-14(17-12)16-6-5-15-13/h1-8H,9-10H2. The molecule has 0 bridgehead atoms. The molecule has 0 radical (unpaired) electrons. The van der Waals surface area contributed by atoms with Crippen molar-refractivity contribution in [2.24, 2.45) is 0 Å².